The zero-order chi connectivity index (χ0) is 15.7. The maximum absolute atomic E-state index is 13.1. The second-order valence-electron chi connectivity index (χ2n) is 4.81. The first-order chi connectivity index (χ1) is 10.1. The van der Waals surface area contributed by atoms with Crippen LogP contribution in [0.4, 0.5) is 4.39 Å². The van der Waals surface area contributed by atoms with Crippen LogP contribution in [0.5, 0.6) is 5.75 Å². The van der Waals surface area contributed by atoms with Gasteiger partial charge in [0, 0.05) is 44.0 Å². The summed E-state index contributed by atoms with van der Waals surface area (Å²) in [5, 5.41) is 9.92. The highest BCUT2D eigenvalue weighted by Gasteiger charge is 2.18. The van der Waals surface area contributed by atoms with Gasteiger partial charge in [0.1, 0.15) is 11.6 Å². The molecule has 1 rings (SSSR count). The lowest BCUT2D eigenvalue weighted by molar-refractivity contribution is 0.0656. The number of benzene rings is 1. The predicted molar refractivity (Wildman–Crippen MR) is 81.0 cm³/mol. The van der Waals surface area contributed by atoms with Gasteiger partial charge in [-0.25, -0.2) is 4.39 Å². The van der Waals surface area contributed by atoms with Crippen molar-refractivity contribution >= 4 is 0 Å². The predicted octanol–water partition coefficient (Wildman–Crippen LogP) is 2.97. The van der Waals surface area contributed by atoms with Crippen LogP contribution in [0.25, 0.3) is 0 Å². The Bertz CT molecular complexity index is 405. The number of rotatable bonds is 10. The third-order valence-corrected chi connectivity index (χ3v) is 3.44. The number of phenolic OH excluding ortho intramolecular Hbond substituents is 1. The Morgan fingerprint density at radius 1 is 1.14 bits per heavy atom. The first kappa shape index (κ1) is 17.9. The summed E-state index contributed by atoms with van der Waals surface area (Å²) in [5.74, 6) is -0.445. The topological polar surface area (TPSA) is 41.9 Å². The van der Waals surface area contributed by atoms with Crippen LogP contribution in [-0.2, 0) is 9.47 Å². The molecule has 4 nitrogen and oxygen atoms in total. The van der Waals surface area contributed by atoms with Gasteiger partial charge in [-0.3, -0.25) is 4.90 Å². The lowest BCUT2D eigenvalue weighted by Crippen LogP contribution is -2.33. The van der Waals surface area contributed by atoms with Crippen LogP contribution >= 0.6 is 0 Å². The molecular weight excluding hydrogens is 273 g/mol. The SMILES string of the molecule is CCOCCN(CCOCC)C(C)c1ccc(F)cc1O. The van der Waals surface area contributed by atoms with Crippen molar-refractivity contribution in [2.75, 3.05) is 39.5 Å². The van der Waals surface area contributed by atoms with E-state index in [2.05, 4.69) is 4.90 Å². The molecule has 0 aromatic heterocycles. The molecule has 0 spiro atoms. The number of phenols is 1. The van der Waals surface area contributed by atoms with E-state index in [-0.39, 0.29) is 11.8 Å². The summed E-state index contributed by atoms with van der Waals surface area (Å²) in [7, 11) is 0. The molecule has 0 saturated heterocycles. The molecule has 0 aliphatic rings. The molecule has 0 radical (unpaired) electrons. The highest BCUT2D eigenvalue weighted by molar-refractivity contribution is 5.34. The fourth-order valence-corrected chi connectivity index (χ4v) is 2.22. The van der Waals surface area contributed by atoms with Crippen molar-refractivity contribution in [1.82, 2.24) is 4.90 Å². The second kappa shape index (κ2) is 9.71. The molecule has 1 unspecified atom stereocenters. The maximum Gasteiger partial charge on any atom is 0.126 e. The molecule has 1 N–H and O–H groups in total. The summed E-state index contributed by atoms with van der Waals surface area (Å²) in [6.07, 6.45) is 0. The minimum absolute atomic E-state index is 0.0136. The van der Waals surface area contributed by atoms with Crippen molar-refractivity contribution in [3.05, 3.63) is 29.6 Å². The van der Waals surface area contributed by atoms with Crippen molar-refractivity contribution in [1.29, 1.82) is 0 Å². The minimum atomic E-state index is -0.432. The Morgan fingerprint density at radius 2 is 1.71 bits per heavy atom. The number of ether oxygens (including phenoxy) is 2. The Morgan fingerprint density at radius 3 is 2.19 bits per heavy atom. The van der Waals surface area contributed by atoms with Crippen molar-refractivity contribution < 1.29 is 19.0 Å². The molecular formula is C16H26FNO3. The summed E-state index contributed by atoms with van der Waals surface area (Å²) in [6, 6.07) is 4.11. The van der Waals surface area contributed by atoms with E-state index in [1.165, 1.54) is 6.07 Å². The zero-order valence-electron chi connectivity index (χ0n) is 13.1. The maximum atomic E-state index is 13.1. The van der Waals surface area contributed by atoms with E-state index in [1.54, 1.807) is 6.07 Å². The molecule has 0 fully saturated rings. The fraction of sp³-hybridized carbons (Fsp3) is 0.625. The smallest absolute Gasteiger partial charge is 0.126 e. The molecule has 5 heteroatoms. The Balaban J connectivity index is 2.73. The molecule has 21 heavy (non-hydrogen) atoms. The molecule has 0 bridgehead atoms. The molecule has 0 heterocycles. The first-order valence-electron chi connectivity index (χ1n) is 7.48. The van der Waals surface area contributed by atoms with Gasteiger partial charge in [-0.15, -0.1) is 0 Å². The van der Waals surface area contributed by atoms with Gasteiger partial charge >= 0.3 is 0 Å². The van der Waals surface area contributed by atoms with Crippen molar-refractivity contribution in [3.63, 3.8) is 0 Å². The van der Waals surface area contributed by atoms with Gasteiger partial charge < -0.3 is 14.6 Å². The van der Waals surface area contributed by atoms with Crippen molar-refractivity contribution in [3.8, 4) is 5.75 Å². The molecule has 0 aliphatic heterocycles. The van der Waals surface area contributed by atoms with Gasteiger partial charge in [-0.1, -0.05) is 6.07 Å². The van der Waals surface area contributed by atoms with E-state index in [0.29, 0.717) is 32.0 Å². The largest absolute Gasteiger partial charge is 0.508 e. The highest BCUT2D eigenvalue weighted by Crippen LogP contribution is 2.28. The Kier molecular flexibility index (Phi) is 8.27. The monoisotopic (exact) mass is 299 g/mol. The Hall–Kier alpha value is -1.17. The molecule has 0 amide bonds. The summed E-state index contributed by atoms with van der Waals surface area (Å²) < 4.78 is 23.9. The number of hydrogen-bond donors (Lipinski definition) is 1. The molecule has 1 aromatic rings. The summed E-state index contributed by atoms with van der Waals surface area (Å²) in [5.41, 5.74) is 0.712. The van der Waals surface area contributed by atoms with Gasteiger partial charge in [0.15, 0.2) is 0 Å². The fourth-order valence-electron chi connectivity index (χ4n) is 2.22. The molecule has 0 saturated carbocycles. The van der Waals surface area contributed by atoms with Crippen molar-refractivity contribution in [2.45, 2.75) is 26.8 Å². The van der Waals surface area contributed by atoms with E-state index in [1.807, 2.05) is 20.8 Å². The Labute approximate surface area is 126 Å². The quantitative estimate of drug-likeness (QED) is 0.674. The van der Waals surface area contributed by atoms with E-state index >= 15 is 0 Å². The van der Waals surface area contributed by atoms with Crippen LogP contribution in [0, 0.1) is 5.82 Å². The van der Waals surface area contributed by atoms with E-state index in [9.17, 15) is 9.50 Å². The number of hydrogen-bond acceptors (Lipinski definition) is 4. The van der Waals surface area contributed by atoms with Crippen LogP contribution < -0.4 is 0 Å². The zero-order valence-corrected chi connectivity index (χ0v) is 13.1. The average Bonchev–Trinajstić information content (AvgIpc) is 2.45. The van der Waals surface area contributed by atoms with Crippen LogP contribution in [0.15, 0.2) is 18.2 Å². The second-order valence-corrected chi connectivity index (χ2v) is 4.81. The minimum Gasteiger partial charge on any atom is -0.508 e. The van der Waals surface area contributed by atoms with E-state index in [4.69, 9.17) is 9.47 Å². The molecule has 1 aromatic carbocycles. The normalized spacial score (nSPS) is 12.8. The molecule has 1 atom stereocenters. The molecule has 120 valence electrons. The van der Waals surface area contributed by atoms with Gasteiger partial charge in [0.25, 0.3) is 0 Å². The average molecular weight is 299 g/mol. The van der Waals surface area contributed by atoms with Crippen LogP contribution in [-0.4, -0.2) is 49.5 Å². The number of aromatic hydroxyl groups is 1. The lowest BCUT2D eigenvalue weighted by atomic mass is 10.1. The molecule has 0 aliphatic carbocycles. The number of nitrogens with zero attached hydrogens (tertiary/aromatic N) is 1. The number of halogens is 1. The van der Waals surface area contributed by atoms with Gasteiger partial charge in [-0.05, 0) is 26.8 Å². The summed E-state index contributed by atoms with van der Waals surface area (Å²) in [6.45, 7) is 9.97. The lowest BCUT2D eigenvalue weighted by Gasteiger charge is -2.29. The van der Waals surface area contributed by atoms with Crippen LogP contribution in [0.3, 0.4) is 0 Å². The van der Waals surface area contributed by atoms with Crippen LogP contribution in [0.2, 0.25) is 0 Å². The first-order valence-corrected chi connectivity index (χ1v) is 7.48. The highest BCUT2D eigenvalue weighted by atomic mass is 19.1. The third-order valence-electron chi connectivity index (χ3n) is 3.44. The van der Waals surface area contributed by atoms with Gasteiger partial charge in [-0.2, -0.15) is 0 Å². The third kappa shape index (κ3) is 5.99. The van der Waals surface area contributed by atoms with Crippen LogP contribution in [0.1, 0.15) is 32.4 Å². The standard InChI is InChI=1S/C16H26FNO3/c1-4-20-10-8-18(9-11-21-5-2)13(3)15-7-6-14(17)12-16(15)19/h6-7,12-13,19H,4-5,8-11H2,1-3H3. The van der Waals surface area contributed by atoms with E-state index in [0.717, 1.165) is 19.2 Å². The summed E-state index contributed by atoms with van der Waals surface area (Å²) in [4.78, 5) is 2.16. The van der Waals surface area contributed by atoms with Gasteiger partial charge in [0.05, 0.1) is 13.2 Å². The van der Waals surface area contributed by atoms with Gasteiger partial charge in [0.2, 0.25) is 0 Å². The summed E-state index contributed by atoms with van der Waals surface area (Å²) >= 11 is 0. The van der Waals surface area contributed by atoms with E-state index < -0.39 is 5.82 Å². The van der Waals surface area contributed by atoms with Crippen molar-refractivity contribution in [2.24, 2.45) is 0 Å².